The largest absolute Gasteiger partial charge is 0.381 e. The van der Waals surface area contributed by atoms with Crippen molar-refractivity contribution in [2.45, 2.75) is 32.6 Å². The Morgan fingerprint density at radius 1 is 1.33 bits per heavy atom. The highest BCUT2D eigenvalue weighted by atomic mass is 35.5. The molecule has 0 amide bonds. The van der Waals surface area contributed by atoms with Crippen molar-refractivity contribution >= 4 is 11.6 Å². The molecule has 0 saturated carbocycles. The Morgan fingerprint density at radius 3 is 2.83 bits per heavy atom. The van der Waals surface area contributed by atoms with Crippen molar-refractivity contribution in [2.24, 2.45) is 5.92 Å². The second-order valence-electron chi connectivity index (χ2n) is 4.61. The molecule has 0 aliphatic carbocycles. The maximum atomic E-state index is 13.1. The van der Waals surface area contributed by atoms with Crippen LogP contribution in [0.25, 0.3) is 0 Å². The van der Waals surface area contributed by atoms with Gasteiger partial charge >= 0.3 is 0 Å². The van der Waals surface area contributed by atoms with Gasteiger partial charge in [0, 0.05) is 19.1 Å². The summed E-state index contributed by atoms with van der Waals surface area (Å²) in [5, 5.41) is 0. The second-order valence-corrected chi connectivity index (χ2v) is 4.92. The minimum absolute atomic E-state index is 0.181. The van der Waals surface area contributed by atoms with Gasteiger partial charge in [0.25, 0.3) is 0 Å². The van der Waals surface area contributed by atoms with Crippen LogP contribution < -0.4 is 0 Å². The summed E-state index contributed by atoms with van der Waals surface area (Å²) in [6.45, 7) is 3.72. The van der Waals surface area contributed by atoms with Crippen molar-refractivity contribution in [1.29, 1.82) is 0 Å². The number of unbranched alkanes of at least 4 members (excludes halogenated alkanes) is 1. The van der Waals surface area contributed by atoms with Crippen molar-refractivity contribution in [2.75, 3.05) is 19.1 Å². The predicted molar refractivity (Wildman–Crippen MR) is 74.7 cm³/mol. The first kappa shape index (κ1) is 15.5. The molecule has 1 aromatic rings. The monoisotopic (exact) mass is 272 g/mol. The minimum Gasteiger partial charge on any atom is -0.381 e. The summed E-state index contributed by atoms with van der Waals surface area (Å²) in [6.07, 6.45) is 4.01. The average Bonchev–Trinajstić information content (AvgIpc) is 2.37. The molecule has 0 aliphatic heterocycles. The van der Waals surface area contributed by atoms with E-state index in [4.69, 9.17) is 16.3 Å². The maximum Gasteiger partial charge on any atom is 0.123 e. The number of benzene rings is 1. The van der Waals surface area contributed by atoms with Crippen LogP contribution in [-0.2, 0) is 11.2 Å². The molecule has 3 heteroatoms. The van der Waals surface area contributed by atoms with Crippen molar-refractivity contribution in [3.05, 3.63) is 35.6 Å². The van der Waals surface area contributed by atoms with E-state index in [1.54, 1.807) is 12.1 Å². The van der Waals surface area contributed by atoms with Crippen molar-refractivity contribution < 1.29 is 9.13 Å². The van der Waals surface area contributed by atoms with E-state index in [2.05, 4.69) is 6.92 Å². The smallest absolute Gasteiger partial charge is 0.123 e. The Morgan fingerprint density at radius 2 is 2.17 bits per heavy atom. The first-order chi connectivity index (χ1) is 8.76. The lowest BCUT2D eigenvalue weighted by atomic mass is 9.98. The van der Waals surface area contributed by atoms with E-state index in [0.29, 0.717) is 11.8 Å². The van der Waals surface area contributed by atoms with Crippen LogP contribution in [0.15, 0.2) is 24.3 Å². The fourth-order valence-electron chi connectivity index (χ4n) is 1.83. The second kappa shape index (κ2) is 9.35. The van der Waals surface area contributed by atoms with Crippen LogP contribution in [0.5, 0.6) is 0 Å². The van der Waals surface area contributed by atoms with Gasteiger partial charge in [0.1, 0.15) is 5.82 Å². The lowest BCUT2D eigenvalue weighted by Gasteiger charge is -2.14. The van der Waals surface area contributed by atoms with Gasteiger partial charge in [0.15, 0.2) is 0 Å². The third-order valence-corrected chi connectivity index (χ3v) is 3.38. The third-order valence-electron chi connectivity index (χ3n) is 2.94. The molecule has 0 fully saturated rings. The zero-order chi connectivity index (χ0) is 13.2. The van der Waals surface area contributed by atoms with Gasteiger partial charge in [-0.25, -0.2) is 4.39 Å². The van der Waals surface area contributed by atoms with Gasteiger partial charge in [0.2, 0.25) is 0 Å². The molecule has 1 nitrogen and oxygen atoms in total. The Bertz CT molecular complexity index is 330. The van der Waals surface area contributed by atoms with Gasteiger partial charge in [-0.05, 0) is 42.9 Å². The van der Waals surface area contributed by atoms with E-state index in [-0.39, 0.29) is 5.82 Å². The summed E-state index contributed by atoms with van der Waals surface area (Å²) in [5.74, 6) is 0.767. The summed E-state index contributed by atoms with van der Waals surface area (Å²) in [7, 11) is 0. The summed E-state index contributed by atoms with van der Waals surface area (Å²) >= 11 is 5.95. The average molecular weight is 273 g/mol. The van der Waals surface area contributed by atoms with E-state index in [0.717, 1.165) is 44.5 Å². The molecule has 1 aromatic carbocycles. The molecular formula is C15H22ClFO. The molecule has 0 N–H and O–H groups in total. The number of hydrogen-bond acceptors (Lipinski definition) is 1. The molecule has 0 aromatic heterocycles. The zero-order valence-corrected chi connectivity index (χ0v) is 11.8. The van der Waals surface area contributed by atoms with Crippen LogP contribution >= 0.6 is 11.6 Å². The minimum atomic E-state index is -0.181. The molecule has 0 heterocycles. The van der Waals surface area contributed by atoms with Gasteiger partial charge < -0.3 is 4.74 Å². The summed E-state index contributed by atoms with van der Waals surface area (Å²) < 4.78 is 18.6. The number of halogens is 2. The van der Waals surface area contributed by atoms with Crippen LogP contribution in [0, 0.1) is 11.7 Å². The summed E-state index contributed by atoms with van der Waals surface area (Å²) in [4.78, 5) is 0. The molecule has 1 rings (SSSR count). The maximum absolute atomic E-state index is 13.1. The standard InChI is InChI=1S/C15H22ClFO/c1-2-3-8-18-9-7-14(12-16)10-13-5-4-6-15(17)11-13/h4-6,11,14H,2-3,7-10,12H2,1H3. The van der Waals surface area contributed by atoms with Crippen molar-refractivity contribution in [3.63, 3.8) is 0 Å². The molecule has 0 bridgehead atoms. The van der Waals surface area contributed by atoms with Crippen LogP contribution in [0.3, 0.4) is 0 Å². The van der Waals surface area contributed by atoms with E-state index >= 15 is 0 Å². The van der Waals surface area contributed by atoms with Crippen LogP contribution in [0.4, 0.5) is 4.39 Å². The molecule has 1 unspecified atom stereocenters. The Balaban J connectivity index is 2.28. The summed E-state index contributed by atoms with van der Waals surface area (Å²) in [5.41, 5.74) is 1.01. The first-order valence-corrected chi connectivity index (χ1v) is 7.17. The van der Waals surface area contributed by atoms with Crippen LogP contribution in [0.2, 0.25) is 0 Å². The first-order valence-electron chi connectivity index (χ1n) is 6.64. The van der Waals surface area contributed by atoms with Gasteiger partial charge in [-0.3, -0.25) is 0 Å². The highest BCUT2D eigenvalue weighted by Gasteiger charge is 2.09. The highest BCUT2D eigenvalue weighted by molar-refractivity contribution is 6.18. The Labute approximate surface area is 114 Å². The fraction of sp³-hybridized carbons (Fsp3) is 0.600. The van der Waals surface area contributed by atoms with Gasteiger partial charge in [-0.15, -0.1) is 11.6 Å². The molecule has 0 saturated heterocycles. The van der Waals surface area contributed by atoms with Crippen molar-refractivity contribution in [3.8, 4) is 0 Å². The highest BCUT2D eigenvalue weighted by Crippen LogP contribution is 2.15. The molecule has 0 spiro atoms. The van der Waals surface area contributed by atoms with Gasteiger partial charge in [0.05, 0.1) is 0 Å². The molecule has 0 radical (unpaired) electrons. The molecule has 0 aliphatic rings. The van der Waals surface area contributed by atoms with Crippen LogP contribution in [-0.4, -0.2) is 19.1 Å². The van der Waals surface area contributed by atoms with Gasteiger partial charge in [-0.2, -0.15) is 0 Å². The van der Waals surface area contributed by atoms with E-state index in [9.17, 15) is 4.39 Å². The molecule has 18 heavy (non-hydrogen) atoms. The van der Waals surface area contributed by atoms with Crippen molar-refractivity contribution in [1.82, 2.24) is 0 Å². The third kappa shape index (κ3) is 6.36. The Hall–Kier alpha value is -0.600. The zero-order valence-electron chi connectivity index (χ0n) is 11.0. The lowest BCUT2D eigenvalue weighted by Crippen LogP contribution is -2.11. The van der Waals surface area contributed by atoms with Gasteiger partial charge in [-0.1, -0.05) is 25.5 Å². The SMILES string of the molecule is CCCCOCCC(CCl)Cc1cccc(F)c1. The number of hydrogen-bond donors (Lipinski definition) is 0. The quantitative estimate of drug-likeness (QED) is 0.477. The van der Waals surface area contributed by atoms with E-state index in [1.807, 2.05) is 6.07 Å². The number of alkyl halides is 1. The number of ether oxygens (including phenoxy) is 1. The topological polar surface area (TPSA) is 9.23 Å². The Kier molecular flexibility index (Phi) is 8.03. The molecule has 102 valence electrons. The molecule has 1 atom stereocenters. The fourth-order valence-corrected chi connectivity index (χ4v) is 2.09. The normalized spacial score (nSPS) is 12.6. The van der Waals surface area contributed by atoms with E-state index < -0.39 is 0 Å². The van der Waals surface area contributed by atoms with E-state index in [1.165, 1.54) is 6.07 Å². The summed E-state index contributed by atoms with van der Waals surface area (Å²) in [6, 6.07) is 6.73. The predicted octanol–water partition coefficient (Wildman–Crippen LogP) is 4.43. The molecular weight excluding hydrogens is 251 g/mol. The number of rotatable bonds is 9. The lowest BCUT2D eigenvalue weighted by molar-refractivity contribution is 0.119. The van der Waals surface area contributed by atoms with Crippen LogP contribution in [0.1, 0.15) is 31.7 Å².